The number of allylic oxidation sites excluding steroid dienone is 4. The van der Waals surface area contributed by atoms with E-state index in [-0.39, 0.29) is 0 Å². The summed E-state index contributed by atoms with van der Waals surface area (Å²) in [7, 11) is 0. The summed E-state index contributed by atoms with van der Waals surface area (Å²) in [4.78, 5) is 4.83. The summed E-state index contributed by atoms with van der Waals surface area (Å²) in [6.45, 7) is 13.0. The quantitative estimate of drug-likeness (QED) is 0.0554. The largest absolute Gasteiger partial charge is 0.310 e. The molecule has 16 aromatic carbocycles. The van der Waals surface area contributed by atoms with Crippen molar-refractivity contribution in [3.63, 3.8) is 0 Å². The predicted octanol–water partition coefficient (Wildman–Crippen LogP) is 29.9. The fraction of sp³-hybridized carbons (Fsp3) is 0.0545. The summed E-state index contributed by atoms with van der Waals surface area (Å²) in [5, 5.41) is 4.80. The van der Waals surface area contributed by atoms with E-state index in [9.17, 15) is 0 Å². The lowest BCUT2D eigenvalue weighted by atomic mass is 9.95. The molecule has 0 radical (unpaired) electrons. The van der Waals surface area contributed by atoms with Crippen molar-refractivity contribution in [2.24, 2.45) is 0 Å². The molecular weight excluding hydrogens is 1350 g/mol. The summed E-state index contributed by atoms with van der Waals surface area (Å²) in [5.41, 5.74) is 33.3. The molecule has 0 saturated carbocycles. The van der Waals surface area contributed by atoms with Gasteiger partial charge in [-0.05, 0) is 213 Å². The van der Waals surface area contributed by atoms with Crippen LogP contribution in [0.5, 0.6) is 0 Å². The van der Waals surface area contributed by atoms with Gasteiger partial charge in [-0.3, -0.25) is 0 Å². The van der Waals surface area contributed by atoms with Crippen LogP contribution in [0.3, 0.4) is 0 Å². The molecule has 16 aromatic rings. The van der Waals surface area contributed by atoms with E-state index in [1.54, 1.807) is 0 Å². The topological polar surface area (TPSA) is 6.48 Å². The summed E-state index contributed by atoms with van der Waals surface area (Å²) >= 11 is 0. The van der Waals surface area contributed by atoms with Crippen molar-refractivity contribution >= 4 is 102 Å². The van der Waals surface area contributed by atoms with Crippen LogP contribution in [0.4, 0.5) is 34.1 Å². The van der Waals surface area contributed by atoms with Gasteiger partial charge in [0.2, 0.25) is 0 Å². The van der Waals surface area contributed by atoms with E-state index in [2.05, 4.69) is 488 Å². The van der Waals surface area contributed by atoms with Crippen molar-refractivity contribution in [2.45, 2.75) is 41.5 Å². The molecule has 0 aliphatic heterocycles. The van der Waals surface area contributed by atoms with Crippen LogP contribution >= 0.6 is 0 Å². The van der Waals surface area contributed by atoms with Crippen molar-refractivity contribution in [1.82, 2.24) is 0 Å². The summed E-state index contributed by atoms with van der Waals surface area (Å²) in [5.74, 6) is 0. The molecule has 0 aliphatic carbocycles. The van der Waals surface area contributed by atoms with Gasteiger partial charge in [-0.1, -0.05) is 398 Å². The first-order valence-corrected chi connectivity index (χ1v) is 38.7. The molecule has 16 rings (SSSR count). The molecule has 0 fully saturated rings. The van der Waals surface area contributed by atoms with Gasteiger partial charge >= 0.3 is 0 Å². The molecule has 2 nitrogen and oxygen atoms in total. The Balaban J connectivity index is 0.000000177. The maximum absolute atomic E-state index is 2.42. The molecule has 0 spiro atoms. The molecule has 2 heteroatoms. The van der Waals surface area contributed by atoms with Gasteiger partial charge in [0, 0.05) is 33.5 Å². The van der Waals surface area contributed by atoms with Gasteiger partial charge in [0.15, 0.2) is 0 Å². The first-order chi connectivity index (χ1) is 55.0. The van der Waals surface area contributed by atoms with Gasteiger partial charge in [-0.15, -0.1) is 0 Å². The minimum Gasteiger partial charge on any atom is -0.310 e. The van der Waals surface area contributed by atoms with Gasteiger partial charge in [0.25, 0.3) is 0 Å². The van der Waals surface area contributed by atoms with Crippen molar-refractivity contribution < 1.29 is 0 Å². The molecule has 0 bridgehead atoms. The standard InChI is InChI=1S/C56H47N.C54H43N/c1-40-22-29-48(30-23-40)51(49-31-24-41(2)25-32-49)21-13-18-47-33-37-56(53-20-12-11-19-52(47)53)57(55-36-26-42(3)38-43(55)4)50-34-27-44(28-35-50)39-54(45-14-7-5-8-15-45)46-16-9-6-10-17-46;1-40-30-36-53(41(2)38-40)55(48-34-31-42(32-35-48)39-52(45-22-11-5-12-23-45)46-24-13-6-14-25-46)54-37-33-47(50-27-15-16-28-51(50)54)26-17-29-49(43-18-7-3-8-19-43)44-20-9-4-10-21-44/h5-39H,1-4H3;3-39H,1-2H3/b18-13+;26-17+. The van der Waals surface area contributed by atoms with Gasteiger partial charge < -0.3 is 9.80 Å². The SMILES string of the molecule is Cc1ccc(C(=C/C=C/c2ccc(N(c3ccc(C=C(c4ccccc4)c4ccccc4)cc3)c3ccc(C)cc3C)c3ccccc23)c2ccc(C)cc2)cc1.Cc1ccc(N(c2ccc(C=C(c3ccccc3)c3ccccc3)cc2)c2ccc(/C=C/C=C(c3ccccc3)c3ccccc3)c3ccccc23)c(C)c1. The zero-order valence-corrected chi connectivity index (χ0v) is 64.5. The fourth-order valence-corrected chi connectivity index (χ4v) is 15.0. The average molecular weight is 1440 g/mol. The van der Waals surface area contributed by atoms with E-state index < -0.39 is 0 Å². The zero-order chi connectivity index (χ0) is 76.5. The van der Waals surface area contributed by atoms with Crippen LogP contribution in [0.25, 0.3) is 68.1 Å². The van der Waals surface area contributed by atoms with Gasteiger partial charge in [0.1, 0.15) is 0 Å². The fourth-order valence-electron chi connectivity index (χ4n) is 15.0. The van der Waals surface area contributed by atoms with Crippen molar-refractivity contribution in [3.05, 3.63) is 513 Å². The highest BCUT2D eigenvalue weighted by Gasteiger charge is 2.21. The van der Waals surface area contributed by atoms with Crippen LogP contribution < -0.4 is 9.80 Å². The molecular formula is C110H90N2. The highest BCUT2D eigenvalue weighted by molar-refractivity contribution is 6.05. The molecule has 0 unspecified atom stereocenters. The van der Waals surface area contributed by atoms with E-state index in [1.807, 2.05) is 0 Å². The highest BCUT2D eigenvalue weighted by atomic mass is 15.2. The predicted molar refractivity (Wildman–Crippen MR) is 483 cm³/mol. The Morgan fingerprint density at radius 2 is 0.473 bits per heavy atom. The third-order valence-corrected chi connectivity index (χ3v) is 20.8. The Kier molecular flexibility index (Phi) is 23.0. The van der Waals surface area contributed by atoms with Crippen LogP contribution in [0.2, 0.25) is 0 Å². The summed E-state index contributed by atoms with van der Waals surface area (Å²) in [6, 6.07) is 139. The molecule has 540 valence electrons. The monoisotopic (exact) mass is 1440 g/mol. The number of hydrogen-bond acceptors (Lipinski definition) is 2. The molecule has 0 aliphatic rings. The number of rotatable bonds is 20. The van der Waals surface area contributed by atoms with Crippen molar-refractivity contribution in [2.75, 3.05) is 9.80 Å². The van der Waals surface area contributed by atoms with Crippen molar-refractivity contribution in [3.8, 4) is 0 Å². The second-order valence-electron chi connectivity index (χ2n) is 28.8. The first kappa shape index (κ1) is 73.6. The number of anilines is 6. The number of fused-ring (bicyclic) bond motifs is 2. The maximum Gasteiger partial charge on any atom is 0.0540 e. The number of benzene rings is 16. The number of hydrogen-bond donors (Lipinski definition) is 0. The van der Waals surface area contributed by atoms with E-state index in [0.717, 1.165) is 45.3 Å². The van der Waals surface area contributed by atoms with Crippen LogP contribution in [-0.2, 0) is 0 Å². The molecule has 0 atom stereocenters. The Hall–Kier alpha value is -13.9. The molecule has 0 aromatic heterocycles. The second-order valence-corrected chi connectivity index (χ2v) is 28.8. The van der Waals surface area contributed by atoms with E-state index in [0.29, 0.717) is 0 Å². The third kappa shape index (κ3) is 17.3. The van der Waals surface area contributed by atoms with E-state index in [1.165, 1.54) is 133 Å². The zero-order valence-electron chi connectivity index (χ0n) is 64.5. The normalized spacial score (nSPS) is 11.1. The Morgan fingerprint density at radius 1 is 0.214 bits per heavy atom. The van der Waals surface area contributed by atoms with Gasteiger partial charge in [-0.2, -0.15) is 0 Å². The molecule has 0 heterocycles. The molecule has 112 heavy (non-hydrogen) atoms. The average Bonchev–Trinajstić information content (AvgIpc) is 0.766. The Bertz CT molecular complexity index is 5920. The van der Waals surface area contributed by atoms with E-state index in [4.69, 9.17) is 0 Å². The van der Waals surface area contributed by atoms with Gasteiger partial charge in [-0.25, -0.2) is 0 Å². The van der Waals surface area contributed by atoms with Crippen molar-refractivity contribution in [1.29, 1.82) is 0 Å². The highest BCUT2D eigenvalue weighted by Crippen LogP contribution is 2.45. The molecule has 0 amide bonds. The van der Waals surface area contributed by atoms with Gasteiger partial charge in [0.05, 0.1) is 11.4 Å². The lowest BCUT2D eigenvalue weighted by Gasteiger charge is -2.29. The third-order valence-electron chi connectivity index (χ3n) is 20.8. The van der Waals surface area contributed by atoms with E-state index >= 15 is 0 Å². The molecule has 0 N–H and O–H groups in total. The second kappa shape index (κ2) is 35.0. The molecule has 0 saturated heterocycles. The van der Waals surface area contributed by atoms with Crippen LogP contribution in [0.1, 0.15) is 100 Å². The lowest BCUT2D eigenvalue weighted by molar-refractivity contribution is 1.25. The minimum atomic E-state index is 1.11. The summed E-state index contributed by atoms with van der Waals surface area (Å²) < 4.78 is 0. The maximum atomic E-state index is 2.42. The van der Waals surface area contributed by atoms with Crippen LogP contribution in [0, 0.1) is 41.5 Å². The first-order valence-electron chi connectivity index (χ1n) is 38.7. The van der Waals surface area contributed by atoms with Crippen LogP contribution in [0.15, 0.2) is 413 Å². The Morgan fingerprint density at radius 3 is 0.777 bits per heavy atom. The number of aryl methyl sites for hydroxylation is 6. The smallest absolute Gasteiger partial charge is 0.0540 e. The summed E-state index contributed by atoms with van der Waals surface area (Å²) in [6.07, 6.45) is 17.9. The Labute approximate surface area is 661 Å². The van der Waals surface area contributed by atoms with Crippen LogP contribution in [-0.4, -0.2) is 0 Å². The minimum absolute atomic E-state index is 1.11. The number of nitrogens with zero attached hydrogens (tertiary/aromatic N) is 2. The lowest BCUT2D eigenvalue weighted by Crippen LogP contribution is -2.12.